The molecule has 25 heavy (non-hydrogen) atoms. The van der Waals surface area contributed by atoms with Crippen LogP contribution in [-0.4, -0.2) is 50.0 Å². The number of hydrogen-bond acceptors (Lipinski definition) is 5. The van der Waals surface area contributed by atoms with Crippen molar-refractivity contribution in [1.29, 1.82) is 0 Å². The van der Waals surface area contributed by atoms with Gasteiger partial charge in [-0.25, -0.2) is 14.5 Å². The van der Waals surface area contributed by atoms with Gasteiger partial charge in [0, 0.05) is 19.1 Å². The summed E-state index contributed by atoms with van der Waals surface area (Å²) in [5.41, 5.74) is -0.460. The third-order valence-electron chi connectivity index (χ3n) is 4.95. The molecule has 0 radical (unpaired) electrons. The topological polar surface area (TPSA) is 72.3 Å². The summed E-state index contributed by atoms with van der Waals surface area (Å²) in [5, 5.41) is 8.18. The van der Waals surface area contributed by atoms with Gasteiger partial charge in [-0.15, -0.1) is 0 Å². The van der Waals surface area contributed by atoms with Gasteiger partial charge in [-0.2, -0.15) is 5.10 Å². The number of fused-ring (bicyclic) bond motifs is 1. The zero-order valence-corrected chi connectivity index (χ0v) is 16.1. The van der Waals surface area contributed by atoms with Gasteiger partial charge in [0.15, 0.2) is 0 Å². The zero-order valence-electron chi connectivity index (χ0n) is 16.1. The number of aromatic nitrogens is 3. The van der Waals surface area contributed by atoms with Crippen molar-refractivity contribution in [2.75, 3.05) is 6.54 Å². The van der Waals surface area contributed by atoms with E-state index in [1.165, 1.54) is 0 Å². The van der Waals surface area contributed by atoms with Crippen LogP contribution in [0.1, 0.15) is 71.1 Å². The van der Waals surface area contributed by atoms with Crippen LogP contribution in [0.2, 0.25) is 0 Å². The van der Waals surface area contributed by atoms with E-state index in [2.05, 4.69) is 22.3 Å². The standard InChI is InChI=1S/C18H31N5O2/c1-12(15-9-7-10-22(15)17(24)25-18(3,4)5)19-14-8-6-11-23-16(14)20-13(2)21-23/h12,14-15,19H,6-11H2,1-5H3/t12-,14-,15-/m0/s1. The lowest BCUT2D eigenvalue weighted by atomic mass is 10.0. The molecule has 3 atom stereocenters. The van der Waals surface area contributed by atoms with Gasteiger partial charge in [-0.1, -0.05) is 0 Å². The molecule has 0 aliphatic carbocycles. The number of carbonyl (C=O) groups excluding carboxylic acids is 1. The predicted octanol–water partition coefficient (Wildman–Crippen LogP) is 2.80. The lowest BCUT2D eigenvalue weighted by Gasteiger charge is -2.34. The quantitative estimate of drug-likeness (QED) is 0.908. The molecule has 1 aromatic heterocycles. The average Bonchev–Trinajstić information content (AvgIpc) is 3.11. The van der Waals surface area contributed by atoms with Crippen LogP contribution in [0.5, 0.6) is 0 Å². The van der Waals surface area contributed by atoms with Crippen LogP contribution in [0.3, 0.4) is 0 Å². The number of aryl methyl sites for hydroxylation is 2. The molecule has 0 bridgehead atoms. The second-order valence-corrected chi connectivity index (χ2v) is 8.27. The van der Waals surface area contributed by atoms with Crippen LogP contribution in [0.15, 0.2) is 0 Å². The Kier molecular flexibility index (Phi) is 5.04. The number of likely N-dealkylation sites (tertiary alicyclic amines) is 1. The Labute approximate surface area is 150 Å². The smallest absolute Gasteiger partial charge is 0.410 e. The maximum atomic E-state index is 12.5. The highest BCUT2D eigenvalue weighted by Crippen LogP contribution is 2.27. The first-order valence-corrected chi connectivity index (χ1v) is 9.41. The molecule has 1 fully saturated rings. The number of ether oxygens (including phenoxy) is 1. The fourth-order valence-electron chi connectivity index (χ4n) is 3.91. The molecule has 1 amide bonds. The van der Waals surface area contributed by atoms with Crippen molar-refractivity contribution in [3.8, 4) is 0 Å². The molecule has 2 aliphatic heterocycles. The van der Waals surface area contributed by atoms with E-state index < -0.39 is 5.60 Å². The lowest BCUT2D eigenvalue weighted by molar-refractivity contribution is 0.0195. The molecule has 7 nitrogen and oxygen atoms in total. The molecule has 1 N–H and O–H groups in total. The molecule has 1 aromatic rings. The third kappa shape index (κ3) is 4.14. The van der Waals surface area contributed by atoms with Crippen LogP contribution in [0.25, 0.3) is 0 Å². The highest BCUT2D eigenvalue weighted by Gasteiger charge is 2.37. The number of amides is 1. The molecule has 0 unspecified atom stereocenters. The van der Waals surface area contributed by atoms with Crippen LogP contribution < -0.4 is 5.32 Å². The summed E-state index contributed by atoms with van der Waals surface area (Å²) in [6, 6.07) is 0.545. The van der Waals surface area contributed by atoms with Gasteiger partial charge in [0.2, 0.25) is 0 Å². The van der Waals surface area contributed by atoms with Gasteiger partial charge < -0.3 is 15.0 Å². The van der Waals surface area contributed by atoms with Gasteiger partial charge >= 0.3 is 6.09 Å². The molecular formula is C18H31N5O2. The minimum atomic E-state index is -0.460. The first-order chi connectivity index (χ1) is 11.7. The molecular weight excluding hydrogens is 318 g/mol. The Morgan fingerprint density at radius 2 is 2.00 bits per heavy atom. The van der Waals surface area contributed by atoms with Crippen molar-refractivity contribution in [3.63, 3.8) is 0 Å². The number of rotatable bonds is 3. The molecule has 1 saturated heterocycles. The largest absolute Gasteiger partial charge is 0.444 e. The second-order valence-electron chi connectivity index (χ2n) is 8.27. The Morgan fingerprint density at radius 1 is 1.28 bits per heavy atom. The summed E-state index contributed by atoms with van der Waals surface area (Å²) < 4.78 is 7.60. The first kappa shape index (κ1) is 18.2. The predicted molar refractivity (Wildman–Crippen MR) is 95.3 cm³/mol. The highest BCUT2D eigenvalue weighted by molar-refractivity contribution is 5.69. The number of hydrogen-bond donors (Lipinski definition) is 1. The molecule has 0 aromatic carbocycles. The molecule has 140 valence electrons. The number of nitrogens with zero attached hydrogens (tertiary/aromatic N) is 4. The summed E-state index contributed by atoms with van der Waals surface area (Å²) in [6.45, 7) is 11.5. The minimum Gasteiger partial charge on any atom is -0.444 e. The van der Waals surface area contributed by atoms with Gasteiger partial charge in [0.1, 0.15) is 17.2 Å². The first-order valence-electron chi connectivity index (χ1n) is 9.41. The van der Waals surface area contributed by atoms with E-state index in [1.54, 1.807) is 0 Å². The molecule has 7 heteroatoms. The van der Waals surface area contributed by atoms with Gasteiger partial charge in [-0.05, 0) is 60.3 Å². The SMILES string of the molecule is Cc1nc2n(n1)CCC[C@@H]2N[C@@H](C)[C@@H]1CCCN1C(=O)OC(C)(C)C. The van der Waals surface area contributed by atoms with Crippen molar-refractivity contribution >= 4 is 6.09 Å². The summed E-state index contributed by atoms with van der Waals surface area (Å²) in [7, 11) is 0. The maximum absolute atomic E-state index is 12.5. The molecule has 3 heterocycles. The van der Waals surface area contributed by atoms with E-state index in [9.17, 15) is 4.79 Å². The van der Waals surface area contributed by atoms with Crippen molar-refractivity contribution in [2.24, 2.45) is 0 Å². The van der Waals surface area contributed by atoms with E-state index >= 15 is 0 Å². The van der Waals surface area contributed by atoms with Gasteiger partial charge in [-0.3, -0.25) is 0 Å². The summed E-state index contributed by atoms with van der Waals surface area (Å²) in [5.74, 6) is 1.85. The Balaban J connectivity index is 1.66. The Hall–Kier alpha value is -1.63. The molecule has 0 spiro atoms. The highest BCUT2D eigenvalue weighted by atomic mass is 16.6. The van der Waals surface area contributed by atoms with Crippen LogP contribution in [0, 0.1) is 6.92 Å². The fourth-order valence-corrected chi connectivity index (χ4v) is 3.91. The van der Waals surface area contributed by atoms with Gasteiger partial charge in [0.25, 0.3) is 0 Å². The fraction of sp³-hybridized carbons (Fsp3) is 0.833. The maximum Gasteiger partial charge on any atom is 0.410 e. The molecule has 0 saturated carbocycles. The summed E-state index contributed by atoms with van der Waals surface area (Å²) >= 11 is 0. The zero-order chi connectivity index (χ0) is 18.2. The third-order valence-corrected chi connectivity index (χ3v) is 4.95. The Morgan fingerprint density at radius 3 is 2.72 bits per heavy atom. The monoisotopic (exact) mass is 349 g/mol. The van der Waals surface area contributed by atoms with E-state index in [-0.39, 0.29) is 24.2 Å². The molecule has 2 aliphatic rings. The van der Waals surface area contributed by atoms with Crippen LogP contribution >= 0.6 is 0 Å². The van der Waals surface area contributed by atoms with Gasteiger partial charge in [0.05, 0.1) is 12.1 Å². The van der Waals surface area contributed by atoms with Crippen molar-refractivity contribution in [2.45, 2.75) is 90.6 Å². The average molecular weight is 349 g/mol. The van der Waals surface area contributed by atoms with Crippen molar-refractivity contribution in [3.05, 3.63) is 11.6 Å². The summed E-state index contributed by atoms with van der Waals surface area (Å²) in [6.07, 6.45) is 3.98. The van der Waals surface area contributed by atoms with E-state index in [0.717, 1.165) is 50.4 Å². The number of carbonyl (C=O) groups is 1. The number of nitrogens with one attached hydrogen (secondary N) is 1. The lowest BCUT2D eigenvalue weighted by Crippen LogP contribution is -2.50. The van der Waals surface area contributed by atoms with E-state index in [1.807, 2.05) is 37.3 Å². The molecule has 3 rings (SSSR count). The van der Waals surface area contributed by atoms with E-state index in [4.69, 9.17) is 4.74 Å². The van der Waals surface area contributed by atoms with Crippen LogP contribution in [-0.2, 0) is 11.3 Å². The second kappa shape index (κ2) is 6.94. The van der Waals surface area contributed by atoms with Crippen LogP contribution in [0.4, 0.5) is 4.79 Å². The normalized spacial score (nSPS) is 24.9. The summed E-state index contributed by atoms with van der Waals surface area (Å²) in [4.78, 5) is 19.0. The van der Waals surface area contributed by atoms with E-state index in [0.29, 0.717) is 0 Å². The van der Waals surface area contributed by atoms with Crippen molar-refractivity contribution in [1.82, 2.24) is 25.0 Å². The van der Waals surface area contributed by atoms with Crippen molar-refractivity contribution < 1.29 is 9.53 Å². The minimum absolute atomic E-state index is 0.161. The Bertz CT molecular complexity index is 621.